The number of aryl methyl sites for hydroxylation is 1. The van der Waals surface area contributed by atoms with Crippen LogP contribution in [-0.4, -0.2) is 49.7 Å². The molecule has 0 bridgehead atoms. The number of nitrogens with zero attached hydrogens (tertiary/aromatic N) is 2. The van der Waals surface area contributed by atoms with Gasteiger partial charge in [0.25, 0.3) is 5.56 Å². The van der Waals surface area contributed by atoms with Crippen LogP contribution in [0.3, 0.4) is 0 Å². The highest BCUT2D eigenvalue weighted by atomic mass is 32.2. The van der Waals surface area contributed by atoms with Crippen molar-refractivity contribution in [2.45, 2.75) is 25.4 Å². The van der Waals surface area contributed by atoms with Crippen LogP contribution < -0.4 is 21.9 Å². The minimum Gasteiger partial charge on any atom is -0.480 e. The number of carbonyl (C=O) groups is 3. The minimum absolute atomic E-state index is 0.00549. The standard InChI is InChI=1S/C24H26N4O6S/c1-15(29)25-14-35-13-18(23(32)33)26-21(30)20(12-16-8-4-3-5-9-16)28-22(31)17-10-6-7-11-19(17)27(2)24(28)34/h3-11,18,20H,12-14H2,1-2H3,(H,25,29)(H,26,30)(H,32,33). The topological polar surface area (TPSA) is 139 Å². The van der Waals surface area contributed by atoms with Gasteiger partial charge in [-0.25, -0.2) is 14.2 Å². The number of hydrogen-bond acceptors (Lipinski definition) is 6. The lowest BCUT2D eigenvalue weighted by molar-refractivity contribution is -0.141. The Bertz CT molecular complexity index is 1350. The number of hydrogen-bond donors (Lipinski definition) is 3. The zero-order valence-electron chi connectivity index (χ0n) is 19.3. The molecular weight excluding hydrogens is 472 g/mol. The molecule has 0 aliphatic rings. The Balaban J connectivity index is 2.00. The third-order valence-electron chi connectivity index (χ3n) is 5.42. The molecule has 10 nitrogen and oxygen atoms in total. The number of para-hydroxylation sites is 1. The van der Waals surface area contributed by atoms with E-state index in [0.717, 1.165) is 16.3 Å². The molecule has 2 amide bonds. The molecule has 0 aliphatic carbocycles. The van der Waals surface area contributed by atoms with Gasteiger partial charge in [-0.15, -0.1) is 11.8 Å². The van der Waals surface area contributed by atoms with Crippen LogP contribution >= 0.6 is 11.8 Å². The first kappa shape index (κ1) is 25.8. The fraction of sp³-hybridized carbons (Fsp3) is 0.292. The SMILES string of the molecule is CC(=O)NCSCC(NC(=O)C(Cc1ccccc1)n1c(=O)c2ccccc2n(C)c1=O)C(=O)O. The van der Waals surface area contributed by atoms with Crippen molar-refractivity contribution >= 4 is 40.4 Å². The molecule has 1 aromatic heterocycles. The highest BCUT2D eigenvalue weighted by Crippen LogP contribution is 2.15. The van der Waals surface area contributed by atoms with Crippen molar-refractivity contribution in [3.8, 4) is 0 Å². The molecule has 0 saturated heterocycles. The lowest BCUT2D eigenvalue weighted by Gasteiger charge is -2.23. The largest absolute Gasteiger partial charge is 0.480 e. The van der Waals surface area contributed by atoms with Crippen LogP contribution in [0.25, 0.3) is 10.9 Å². The molecule has 1 heterocycles. The van der Waals surface area contributed by atoms with Gasteiger partial charge >= 0.3 is 11.7 Å². The summed E-state index contributed by atoms with van der Waals surface area (Å²) in [5.74, 6) is -2.15. The average molecular weight is 499 g/mol. The molecular formula is C24H26N4O6S. The number of carboxylic acid groups (broad SMARTS) is 1. The fourth-order valence-electron chi connectivity index (χ4n) is 3.61. The van der Waals surface area contributed by atoms with Crippen molar-refractivity contribution in [1.29, 1.82) is 0 Å². The number of aromatic nitrogens is 2. The fourth-order valence-corrected chi connectivity index (χ4v) is 4.50. The molecule has 2 atom stereocenters. The van der Waals surface area contributed by atoms with Crippen molar-refractivity contribution in [3.05, 3.63) is 81.0 Å². The summed E-state index contributed by atoms with van der Waals surface area (Å²) in [5, 5.41) is 14.9. The molecule has 2 unspecified atom stereocenters. The van der Waals surface area contributed by atoms with Crippen LogP contribution in [0.5, 0.6) is 0 Å². The third kappa shape index (κ3) is 6.18. The number of carbonyl (C=O) groups excluding carboxylic acids is 2. The summed E-state index contributed by atoms with van der Waals surface area (Å²) in [4.78, 5) is 62.8. The van der Waals surface area contributed by atoms with Crippen LogP contribution in [0.15, 0.2) is 64.2 Å². The third-order valence-corrected chi connectivity index (χ3v) is 6.33. The summed E-state index contributed by atoms with van der Waals surface area (Å²) >= 11 is 1.12. The van der Waals surface area contributed by atoms with Crippen molar-refractivity contribution in [2.24, 2.45) is 7.05 Å². The predicted molar refractivity (Wildman–Crippen MR) is 133 cm³/mol. The zero-order chi connectivity index (χ0) is 25.5. The minimum atomic E-state index is -1.29. The number of nitrogens with one attached hydrogen (secondary N) is 2. The molecule has 0 saturated carbocycles. The average Bonchev–Trinajstić information content (AvgIpc) is 2.84. The summed E-state index contributed by atoms with van der Waals surface area (Å²) < 4.78 is 2.17. The highest BCUT2D eigenvalue weighted by molar-refractivity contribution is 7.99. The summed E-state index contributed by atoms with van der Waals surface area (Å²) in [5.41, 5.74) is -0.194. The Hall–Kier alpha value is -3.86. The van der Waals surface area contributed by atoms with Gasteiger partial charge in [0, 0.05) is 26.1 Å². The maximum atomic E-state index is 13.4. The van der Waals surface area contributed by atoms with Gasteiger partial charge < -0.3 is 15.7 Å². The number of aliphatic carboxylic acids is 1. The second-order valence-electron chi connectivity index (χ2n) is 7.89. The van der Waals surface area contributed by atoms with E-state index in [9.17, 15) is 29.1 Å². The van der Waals surface area contributed by atoms with Crippen molar-refractivity contribution in [1.82, 2.24) is 19.8 Å². The van der Waals surface area contributed by atoms with Gasteiger partial charge in [-0.2, -0.15) is 0 Å². The molecule has 35 heavy (non-hydrogen) atoms. The Labute approximate surface area is 205 Å². The number of rotatable bonds is 10. The van der Waals surface area contributed by atoms with Gasteiger partial charge in [-0.05, 0) is 17.7 Å². The lowest BCUT2D eigenvalue weighted by Crippen LogP contribution is -2.51. The molecule has 11 heteroatoms. The number of benzene rings is 2. The molecule has 0 radical (unpaired) electrons. The first-order valence-corrected chi connectivity index (χ1v) is 12.0. The van der Waals surface area contributed by atoms with E-state index < -0.39 is 35.2 Å². The quantitative estimate of drug-likeness (QED) is 0.278. The van der Waals surface area contributed by atoms with Gasteiger partial charge in [0.1, 0.15) is 12.1 Å². The van der Waals surface area contributed by atoms with Crippen LogP contribution in [0.2, 0.25) is 0 Å². The first-order valence-electron chi connectivity index (χ1n) is 10.8. The maximum Gasteiger partial charge on any atom is 0.331 e. The van der Waals surface area contributed by atoms with Gasteiger partial charge in [0.15, 0.2) is 0 Å². The maximum absolute atomic E-state index is 13.4. The van der Waals surface area contributed by atoms with Gasteiger partial charge in [0.2, 0.25) is 11.8 Å². The van der Waals surface area contributed by atoms with Crippen LogP contribution in [0.1, 0.15) is 18.5 Å². The molecule has 3 rings (SSSR count). The molecule has 2 aromatic carbocycles. The smallest absolute Gasteiger partial charge is 0.331 e. The van der Waals surface area contributed by atoms with E-state index in [1.165, 1.54) is 18.5 Å². The van der Waals surface area contributed by atoms with Crippen molar-refractivity contribution in [2.75, 3.05) is 11.6 Å². The summed E-state index contributed by atoms with van der Waals surface area (Å²) in [6.45, 7) is 1.34. The normalized spacial score (nSPS) is 12.6. The van der Waals surface area contributed by atoms with Gasteiger partial charge in [-0.3, -0.25) is 19.0 Å². The molecule has 184 valence electrons. The second-order valence-corrected chi connectivity index (χ2v) is 8.92. The molecule has 3 aromatic rings. The Morgan fingerprint density at radius 3 is 2.34 bits per heavy atom. The molecule has 0 fully saturated rings. The number of fused-ring (bicyclic) bond motifs is 1. The van der Waals surface area contributed by atoms with Gasteiger partial charge in [0.05, 0.1) is 16.8 Å². The number of amides is 2. The van der Waals surface area contributed by atoms with E-state index in [1.807, 2.05) is 0 Å². The highest BCUT2D eigenvalue weighted by Gasteiger charge is 2.30. The van der Waals surface area contributed by atoms with Crippen LogP contribution in [0.4, 0.5) is 0 Å². The van der Waals surface area contributed by atoms with E-state index in [0.29, 0.717) is 11.1 Å². The van der Waals surface area contributed by atoms with Crippen LogP contribution in [0, 0.1) is 0 Å². The lowest BCUT2D eigenvalue weighted by atomic mass is 10.0. The Morgan fingerprint density at radius 1 is 1.03 bits per heavy atom. The molecule has 0 spiro atoms. The Kier molecular flexibility index (Phi) is 8.48. The van der Waals surface area contributed by atoms with E-state index in [4.69, 9.17) is 0 Å². The number of carboxylic acids is 1. The van der Waals surface area contributed by atoms with Crippen molar-refractivity contribution in [3.63, 3.8) is 0 Å². The van der Waals surface area contributed by atoms with Crippen molar-refractivity contribution < 1.29 is 19.5 Å². The zero-order valence-corrected chi connectivity index (χ0v) is 20.1. The molecule has 0 aliphatic heterocycles. The molecule has 3 N–H and O–H groups in total. The Morgan fingerprint density at radius 2 is 1.69 bits per heavy atom. The van der Waals surface area contributed by atoms with Gasteiger partial charge in [-0.1, -0.05) is 42.5 Å². The first-order chi connectivity index (χ1) is 16.7. The second kappa shape index (κ2) is 11.5. The summed E-state index contributed by atoms with van der Waals surface area (Å²) in [7, 11) is 1.51. The number of thioether (sulfide) groups is 1. The van der Waals surface area contributed by atoms with E-state index >= 15 is 0 Å². The predicted octanol–water partition coefficient (Wildman–Crippen LogP) is 0.880. The monoisotopic (exact) mass is 498 g/mol. The van der Waals surface area contributed by atoms with Crippen LogP contribution in [-0.2, 0) is 27.9 Å². The summed E-state index contributed by atoms with van der Waals surface area (Å²) in [6.07, 6.45) is 0.00549. The van der Waals surface area contributed by atoms with E-state index in [2.05, 4.69) is 10.6 Å². The van der Waals surface area contributed by atoms with E-state index in [1.54, 1.807) is 54.6 Å². The summed E-state index contributed by atoms with van der Waals surface area (Å²) in [6, 6.07) is 12.9. The van der Waals surface area contributed by atoms with E-state index in [-0.39, 0.29) is 29.3 Å².